The smallest absolute Gasteiger partial charge is 0.0991 e. The predicted octanol–water partition coefficient (Wildman–Crippen LogP) is 3.81. The highest BCUT2D eigenvalue weighted by Crippen LogP contribution is 2.29. The number of nitrogens with zero attached hydrogens (tertiary/aromatic N) is 1. The van der Waals surface area contributed by atoms with Gasteiger partial charge in [-0.05, 0) is 32.1 Å². The van der Waals surface area contributed by atoms with E-state index >= 15 is 0 Å². The minimum Gasteiger partial charge on any atom is -0.357 e. The summed E-state index contributed by atoms with van der Waals surface area (Å²) >= 11 is 0. The van der Waals surface area contributed by atoms with E-state index in [4.69, 9.17) is 5.41 Å². The second kappa shape index (κ2) is 5.70. The number of nitrogens with one attached hydrogen (secondary N) is 1. The molecule has 16 heavy (non-hydrogen) atoms. The zero-order valence-corrected chi connectivity index (χ0v) is 10.7. The first-order chi connectivity index (χ1) is 7.83. The van der Waals surface area contributed by atoms with Gasteiger partial charge < -0.3 is 4.90 Å². The van der Waals surface area contributed by atoms with Crippen molar-refractivity contribution in [1.82, 2.24) is 4.90 Å². The van der Waals surface area contributed by atoms with Crippen molar-refractivity contribution in [3.8, 4) is 0 Å². The average molecular weight is 222 g/mol. The van der Waals surface area contributed by atoms with Crippen molar-refractivity contribution in [2.45, 2.75) is 70.8 Å². The molecule has 1 aliphatic carbocycles. The van der Waals surface area contributed by atoms with Crippen LogP contribution in [-0.2, 0) is 0 Å². The maximum Gasteiger partial charge on any atom is 0.0991 e. The standard InChI is InChI=1S/C14H26N2/c1-2-13-10-4-3-7-11-16(13)14(15)12-8-5-6-9-12/h12-13,15H,2-11H2,1H3. The lowest BCUT2D eigenvalue weighted by atomic mass is 10.0. The van der Waals surface area contributed by atoms with E-state index in [0.29, 0.717) is 12.0 Å². The van der Waals surface area contributed by atoms with Crippen molar-refractivity contribution in [1.29, 1.82) is 5.41 Å². The fourth-order valence-corrected chi connectivity index (χ4v) is 3.35. The Morgan fingerprint density at radius 1 is 1.06 bits per heavy atom. The second-order valence-electron chi connectivity index (χ2n) is 5.47. The molecule has 2 heteroatoms. The van der Waals surface area contributed by atoms with Gasteiger partial charge in [0, 0.05) is 18.5 Å². The van der Waals surface area contributed by atoms with Gasteiger partial charge >= 0.3 is 0 Å². The Bertz CT molecular complexity index is 231. The van der Waals surface area contributed by atoms with E-state index in [1.54, 1.807) is 0 Å². The first kappa shape index (κ1) is 11.9. The summed E-state index contributed by atoms with van der Waals surface area (Å²) in [6.45, 7) is 3.43. The van der Waals surface area contributed by atoms with E-state index in [9.17, 15) is 0 Å². The number of rotatable bonds is 2. The van der Waals surface area contributed by atoms with Crippen molar-refractivity contribution in [2.75, 3.05) is 6.54 Å². The molecule has 2 fully saturated rings. The lowest BCUT2D eigenvalue weighted by molar-refractivity contribution is 0.290. The number of likely N-dealkylation sites (tertiary alicyclic amines) is 1. The van der Waals surface area contributed by atoms with Crippen molar-refractivity contribution < 1.29 is 0 Å². The van der Waals surface area contributed by atoms with Crippen LogP contribution in [0.15, 0.2) is 0 Å². The molecule has 0 aromatic rings. The summed E-state index contributed by atoms with van der Waals surface area (Å²) in [5.41, 5.74) is 0. The van der Waals surface area contributed by atoms with Crippen LogP contribution in [-0.4, -0.2) is 23.3 Å². The van der Waals surface area contributed by atoms with Gasteiger partial charge in [0.25, 0.3) is 0 Å². The predicted molar refractivity (Wildman–Crippen MR) is 68.9 cm³/mol. The Hall–Kier alpha value is -0.530. The second-order valence-corrected chi connectivity index (χ2v) is 5.47. The zero-order chi connectivity index (χ0) is 11.4. The number of amidine groups is 1. The molecule has 0 aromatic carbocycles. The highest BCUT2D eigenvalue weighted by Gasteiger charge is 2.28. The molecule has 2 aliphatic rings. The lowest BCUT2D eigenvalue weighted by Crippen LogP contribution is -2.42. The summed E-state index contributed by atoms with van der Waals surface area (Å²) in [5.74, 6) is 1.57. The summed E-state index contributed by atoms with van der Waals surface area (Å²) in [7, 11) is 0. The Balaban J connectivity index is 2.00. The molecule has 2 nitrogen and oxygen atoms in total. The van der Waals surface area contributed by atoms with Crippen LogP contribution in [0.2, 0.25) is 0 Å². The van der Waals surface area contributed by atoms with Gasteiger partial charge in [0.15, 0.2) is 0 Å². The maximum absolute atomic E-state index is 8.44. The molecular weight excluding hydrogens is 196 g/mol. The van der Waals surface area contributed by atoms with Crippen LogP contribution in [0.4, 0.5) is 0 Å². The Morgan fingerprint density at radius 3 is 2.44 bits per heavy atom. The van der Waals surface area contributed by atoms with E-state index in [1.807, 2.05) is 0 Å². The van der Waals surface area contributed by atoms with Gasteiger partial charge in [0.1, 0.15) is 0 Å². The van der Waals surface area contributed by atoms with Crippen LogP contribution in [0.25, 0.3) is 0 Å². The summed E-state index contributed by atoms with van der Waals surface area (Å²) < 4.78 is 0. The molecule has 1 atom stereocenters. The molecule has 1 saturated carbocycles. The van der Waals surface area contributed by atoms with Gasteiger partial charge in [-0.25, -0.2) is 0 Å². The molecule has 0 radical (unpaired) electrons. The van der Waals surface area contributed by atoms with Crippen molar-refractivity contribution in [2.24, 2.45) is 5.92 Å². The Kier molecular flexibility index (Phi) is 4.25. The van der Waals surface area contributed by atoms with E-state index in [0.717, 1.165) is 12.4 Å². The zero-order valence-electron chi connectivity index (χ0n) is 10.7. The van der Waals surface area contributed by atoms with Crippen molar-refractivity contribution >= 4 is 5.84 Å². The molecule has 1 saturated heterocycles. The van der Waals surface area contributed by atoms with Crippen LogP contribution in [0.5, 0.6) is 0 Å². The lowest BCUT2D eigenvalue weighted by Gasteiger charge is -2.34. The number of hydrogen-bond acceptors (Lipinski definition) is 1. The molecule has 2 rings (SSSR count). The summed E-state index contributed by atoms with van der Waals surface area (Å²) in [5, 5.41) is 8.44. The SMILES string of the molecule is CCC1CCCCCN1C(=N)C1CCCC1. The Labute approximate surface area is 99.9 Å². The van der Waals surface area contributed by atoms with E-state index < -0.39 is 0 Å². The quantitative estimate of drug-likeness (QED) is 0.558. The highest BCUT2D eigenvalue weighted by atomic mass is 15.2. The van der Waals surface area contributed by atoms with Gasteiger partial charge in [0.2, 0.25) is 0 Å². The fourth-order valence-electron chi connectivity index (χ4n) is 3.35. The molecule has 0 amide bonds. The minimum absolute atomic E-state index is 0.590. The molecule has 1 aliphatic heterocycles. The largest absolute Gasteiger partial charge is 0.357 e. The van der Waals surface area contributed by atoms with Gasteiger partial charge in [-0.3, -0.25) is 5.41 Å². The summed E-state index contributed by atoms with van der Waals surface area (Å²) in [4.78, 5) is 2.45. The van der Waals surface area contributed by atoms with Crippen LogP contribution < -0.4 is 0 Å². The van der Waals surface area contributed by atoms with E-state index in [1.165, 1.54) is 57.8 Å². The summed E-state index contributed by atoms with van der Waals surface area (Å²) in [6.07, 6.45) is 11.8. The monoisotopic (exact) mass is 222 g/mol. The molecule has 1 heterocycles. The fraction of sp³-hybridized carbons (Fsp3) is 0.929. The van der Waals surface area contributed by atoms with Crippen LogP contribution in [0, 0.1) is 11.3 Å². The first-order valence-electron chi connectivity index (χ1n) is 7.18. The molecule has 0 spiro atoms. The molecule has 92 valence electrons. The minimum atomic E-state index is 0.590. The Morgan fingerprint density at radius 2 is 1.75 bits per heavy atom. The average Bonchev–Trinajstić information content (AvgIpc) is 2.73. The summed E-state index contributed by atoms with van der Waals surface area (Å²) in [6, 6.07) is 0.663. The highest BCUT2D eigenvalue weighted by molar-refractivity contribution is 5.82. The molecular formula is C14H26N2. The van der Waals surface area contributed by atoms with Gasteiger partial charge in [-0.2, -0.15) is 0 Å². The third kappa shape index (κ3) is 2.58. The number of hydrogen-bond donors (Lipinski definition) is 1. The maximum atomic E-state index is 8.44. The topological polar surface area (TPSA) is 27.1 Å². The molecule has 0 aromatic heterocycles. The van der Waals surface area contributed by atoms with Gasteiger partial charge in [-0.15, -0.1) is 0 Å². The van der Waals surface area contributed by atoms with Gasteiger partial charge in [0.05, 0.1) is 5.84 Å². The third-order valence-corrected chi connectivity index (χ3v) is 4.40. The third-order valence-electron chi connectivity index (χ3n) is 4.40. The molecule has 1 unspecified atom stereocenters. The van der Waals surface area contributed by atoms with Crippen LogP contribution in [0.3, 0.4) is 0 Å². The van der Waals surface area contributed by atoms with Crippen LogP contribution in [0.1, 0.15) is 64.7 Å². The first-order valence-corrected chi connectivity index (χ1v) is 7.18. The van der Waals surface area contributed by atoms with Crippen molar-refractivity contribution in [3.05, 3.63) is 0 Å². The normalized spacial score (nSPS) is 28.1. The molecule has 1 N–H and O–H groups in total. The van der Waals surface area contributed by atoms with E-state index in [2.05, 4.69) is 11.8 Å². The van der Waals surface area contributed by atoms with E-state index in [-0.39, 0.29) is 0 Å². The molecule has 0 bridgehead atoms. The van der Waals surface area contributed by atoms with Gasteiger partial charge in [-0.1, -0.05) is 32.6 Å². The van der Waals surface area contributed by atoms with Crippen molar-refractivity contribution in [3.63, 3.8) is 0 Å². The van der Waals surface area contributed by atoms with Crippen LogP contribution >= 0.6 is 0 Å².